The molecule has 764 valence electrons. The second kappa shape index (κ2) is 70.2. The van der Waals surface area contributed by atoms with Crippen LogP contribution in [0.3, 0.4) is 0 Å². The summed E-state index contributed by atoms with van der Waals surface area (Å²) in [6.45, 7) is 43.6. The summed E-state index contributed by atoms with van der Waals surface area (Å²) in [6.07, 6.45) is 19.2. The molecule has 34 heteroatoms. The number of hydrogen-bond donors (Lipinski definition) is 1. The minimum Gasteiger partial charge on any atom is -0.380 e. The van der Waals surface area contributed by atoms with Crippen molar-refractivity contribution in [2.75, 3.05) is 185 Å². The van der Waals surface area contributed by atoms with Crippen molar-refractivity contribution in [2.45, 2.75) is 314 Å². The van der Waals surface area contributed by atoms with Gasteiger partial charge in [-0.15, -0.1) is 15.3 Å². The quantitative estimate of drug-likeness (QED) is 0.0513. The van der Waals surface area contributed by atoms with Gasteiger partial charge in [0.15, 0.2) is 18.9 Å². The molecule has 6 rings (SSSR count). The van der Waals surface area contributed by atoms with Crippen molar-refractivity contribution in [3.05, 3.63) is 35.7 Å². The number of ketones is 5. The molecule has 0 saturated carbocycles. The van der Waals surface area contributed by atoms with Gasteiger partial charge >= 0.3 is 0 Å². The Labute approximate surface area is 794 Å². The summed E-state index contributed by atoms with van der Waals surface area (Å²) in [5, 5.41) is 28.3. The summed E-state index contributed by atoms with van der Waals surface area (Å²) in [6, 6.07) is 0. The van der Waals surface area contributed by atoms with Crippen molar-refractivity contribution < 1.29 is 114 Å². The molecule has 3 saturated heterocycles. The largest absolute Gasteiger partial charge is 0.380 e. The number of carbonyl (C=O) groups excluding carboxylic acids is 6. The summed E-state index contributed by atoms with van der Waals surface area (Å²) >= 11 is 0. The van der Waals surface area contributed by atoms with Gasteiger partial charge in [-0.2, -0.15) is 0 Å². The fourth-order valence-electron chi connectivity index (χ4n) is 16.7. The lowest BCUT2D eigenvalue weighted by Crippen LogP contribution is -2.45. The summed E-state index contributed by atoms with van der Waals surface area (Å²) < 4.78 is 112. The number of rotatable bonds is 84. The molecule has 6 heterocycles. The van der Waals surface area contributed by atoms with E-state index < -0.39 is 5.41 Å². The van der Waals surface area contributed by atoms with E-state index in [0.717, 1.165) is 49.2 Å². The van der Waals surface area contributed by atoms with E-state index in [9.17, 15) is 28.8 Å². The van der Waals surface area contributed by atoms with Crippen LogP contribution < -0.4 is 5.32 Å². The van der Waals surface area contributed by atoms with E-state index in [0.29, 0.717) is 327 Å². The molecule has 34 nitrogen and oxygen atoms in total. The van der Waals surface area contributed by atoms with Gasteiger partial charge in [-0.1, -0.05) is 125 Å². The maximum absolute atomic E-state index is 13.1. The molecule has 3 aromatic rings. The number of hydrogen-bond acceptors (Lipinski definition) is 30. The molecule has 0 radical (unpaired) electrons. The van der Waals surface area contributed by atoms with E-state index in [1.165, 1.54) is 0 Å². The number of Topliss-reactive ketones (excluding diaryl/α,β-unsaturated/α-hetero) is 5. The first-order valence-electron chi connectivity index (χ1n) is 50.7. The highest BCUT2D eigenvalue weighted by Crippen LogP contribution is 2.40. The van der Waals surface area contributed by atoms with E-state index in [1.54, 1.807) is 14.0 Å². The standard InChI is InChI=1S/C99H174N10O24/c1-15-92-78(9)75(6)81(12)96(131-92)128-65-62-122-59-56-119-53-50-116-47-41-107-68-84(101-104-107)31-34-87(110)26-20-18-22-28-90(113)37-44-125-71-99(74(4)5,72-126-45-38-91(114)29-23-19-21-27-88(111)35-32-85-69-108(105-102-85)42-48-117-51-54-120-57-60-123-63-66-129-97-82(13)76(7)79(10)93(16-2)132-97)73-127-46-39-95(115)100-40-25-24-30-89(112)36-33-86-70-109(106-103-86)43-49-118-52-55-121-58-61-124-64-67-130-98-83(14)77(8)80(11)94(17-3)133-98/h68-70,74-83,92-94,96-98H,15-67,71-73H2,1-14H3,(H,100,115)/t75-,76-,77-,78-,79-,80-,81?,82?,83?,92?,93?,94?,96-,97-,98-,99?/m0/s1. The predicted octanol–water partition coefficient (Wildman–Crippen LogP) is 12.9. The van der Waals surface area contributed by atoms with Crippen LogP contribution in [-0.4, -0.2) is 302 Å². The third-order valence-corrected chi connectivity index (χ3v) is 27.0. The van der Waals surface area contributed by atoms with Gasteiger partial charge in [-0.25, -0.2) is 14.0 Å². The van der Waals surface area contributed by atoms with E-state index in [-0.39, 0.29) is 137 Å². The maximum Gasteiger partial charge on any atom is 0.222 e. The Balaban J connectivity index is 0.792. The van der Waals surface area contributed by atoms with Crippen LogP contribution in [-0.2, 0) is 153 Å². The van der Waals surface area contributed by atoms with Crippen LogP contribution in [0.15, 0.2) is 18.6 Å². The van der Waals surface area contributed by atoms with Gasteiger partial charge in [0.1, 0.15) is 28.9 Å². The minimum atomic E-state index is -0.666. The highest BCUT2D eigenvalue weighted by atomic mass is 16.7. The Morgan fingerprint density at radius 3 is 0.865 bits per heavy atom. The normalized spacial score (nSPS) is 22.7. The van der Waals surface area contributed by atoms with Crippen molar-refractivity contribution in [1.82, 2.24) is 50.3 Å². The van der Waals surface area contributed by atoms with Crippen molar-refractivity contribution in [2.24, 2.45) is 64.6 Å². The summed E-state index contributed by atoms with van der Waals surface area (Å²) in [5.74, 6) is 4.51. The maximum atomic E-state index is 13.1. The van der Waals surface area contributed by atoms with Crippen molar-refractivity contribution >= 4 is 34.8 Å². The fourth-order valence-corrected chi connectivity index (χ4v) is 16.7. The average Bonchev–Trinajstić information content (AvgIpc) is 1.81. The number of carbonyl (C=O) groups is 6. The Morgan fingerprint density at radius 2 is 0.579 bits per heavy atom. The summed E-state index contributed by atoms with van der Waals surface area (Å²) in [7, 11) is 0. The predicted molar refractivity (Wildman–Crippen MR) is 501 cm³/mol. The van der Waals surface area contributed by atoms with Gasteiger partial charge < -0.3 is 90.6 Å². The average molecular weight is 1890 g/mol. The molecule has 15 atom stereocenters. The van der Waals surface area contributed by atoms with Crippen molar-refractivity contribution in [1.29, 1.82) is 0 Å². The molecule has 0 bridgehead atoms. The Hall–Kier alpha value is -5.48. The molecule has 3 fully saturated rings. The first kappa shape index (κ1) is 116. The van der Waals surface area contributed by atoms with E-state index >= 15 is 0 Å². The molecule has 0 aliphatic carbocycles. The number of nitrogens with zero attached hydrogens (tertiary/aromatic N) is 9. The van der Waals surface area contributed by atoms with E-state index in [2.05, 4.69) is 133 Å². The van der Waals surface area contributed by atoms with Crippen LogP contribution in [0.4, 0.5) is 0 Å². The topological polar surface area (TPSA) is 373 Å². The van der Waals surface area contributed by atoms with E-state index in [1.807, 2.05) is 18.6 Å². The summed E-state index contributed by atoms with van der Waals surface area (Å²) in [4.78, 5) is 77.9. The summed E-state index contributed by atoms with van der Waals surface area (Å²) in [5.41, 5.74) is 1.56. The number of ether oxygens (including phenoxy) is 18. The Bertz CT molecular complexity index is 3180. The molecule has 133 heavy (non-hydrogen) atoms. The van der Waals surface area contributed by atoms with Gasteiger partial charge in [0.25, 0.3) is 0 Å². The van der Waals surface area contributed by atoms with Crippen LogP contribution >= 0.6 is 0 Å². The first-order valence-corrected chi connectivity index (χ1v) is 50.7. The molecule has 0 spiro atoms. The first-order chi connectivity index (χ1) is 64.4. The number of nitrogens with one attached hydrogen (secondary N) is 1. The number of amides is 1. The molecule has 6 unspecified atom stereocenters. The number of aryl methyl sites for hydroxylation is 3. The smallest absolute Gasteiger partial charge is 0.222 e. The van der Waals surface area contributed by atoms with Gasteiger partial charge in [-0.3, -0.25) is 28.8 Å². The van der Waals surface area contributed by atoms with Crippen LogP contribution in [0.2, 0.25) is 0 Å². The van der Waals surface area contributed by atoms with Crippen LogP contribution in [0.1, 0.15) is 255 Å². The van der Waals surface area contributed by atoms with Crippen molar-refractivity contribution in [3.63, 3.8) is 0 Å². The van der Waals surface area contributed by atoms with Crippen LogP contribution in [0, 0.1) is 64.6 Å². The number of aromatic nitrogens is 9. The second-order valence-electron chi connectivity index (χ2n) is 37.2. The SMILES string of the molecule is CCC1O[C@H](OCCOCCOCCOCCn2cc(CCC(=O)CCCCCC(=O)CCOCC(COCCC(=O)CCCCCC(=O)CCc3cn(CCOCCOCCOCCO[C@H]4OC(CC)[C@@H](C)[C@H](C)C4C)nn3)(COCCC(=O)NCCCCC(=O)CCc3cn(CCOCCOCCOCCO[C@H]4OC(CC)[C@@H](C)[C@H](C)C4C)nn3)C(C)C)nn2)C(C)[C@@H](C)[C@@H]1C. The van der Waals surface area contributed by atoms with Crippen LogP contribution in [0.25, 0.3) is 0 Å². The number of unbranched alkanes of at least 4 members (excludes halogenated alkanes) is 5. The lowest BCUT2D eigenvalue weighted by Gasteiger charge is -2.43. The molecule has 1 N–H and O–H groups in total. The Morgan fingerprint density at radius 1 is 0.316 bits per heavy atom. The van der Waals surface area contributed by atoms with E-state index in [4.69, 9.17) is 85.3 Å². The lowest BCUT2D eigenvalue weighted by molar-refractivity contribution is -0.251. The zero-order valence-electron chi connectivity index (χ0n) is 83.9. The minimum absolute atomic E-state index is 0.0134. The van der Waals surface area contributed by atoms with Gasteiger partial charge in [0.2, 0.25) is 5.91 Å². The van der Waals surface area contributed by atoms with Gasteiger partial charge in [0.05, 0.1) is 233 Å². The molecular formula is C99H174N10O24. The van der Waals surface area contributed by atoms with Gasteiger partial charge in [-0.05, 0) is 118 Å². The zero-order chi connectivity index (χ0) is 96.1. The van der Waals surface area contributed by atoms with Gasteiger partial charge in [0, 0.05) is 119 Å². The highest BCUT2D eigenvalue weighted by Gasteiger charge is 2.42. The van der Waals surface area contributed by atoms with Crippen LogP contribution in [0.5, 0.6) is 0 Å². The molecule has 3 aromatic heterocycles. The molecule has 3 aliphatic rings. The second-order valence-corrected chi connectivity index (χ2v) is 37.2. The molecule has 3 aliphatic heterocycles. The molecule has 0 aromatic carbocycles. The highest BCUT2D eigenvalue weighted by molar-refractivity contribution is 5.80. The lowest BCUT2D eigenvalue weighted by atomic mass is 9.78. The third-order valence-electron chi connectivity index (χ3n) is 27.0. The third kappa shape index (κ3) is 48.3. The molecule has 1 amide bonds. The Kier molecular flexibility index (Phi) is 61.3. The molecular weight excluding hydrogens is 1710 g/mol. The fraction of sp³-hybridized carbons (Fsp3) is 0.879. The monoisotopic (exact) mass is 1890 g/mol. The zero-order valence-corrected chi connectivity index (χ0v) is 83.9. The van der Waals surface area contributed by atoms with Crippen molar-refractivity contribution in [3.8, 4) is 0 Å².